The van der Waals surface area contributed by atoms with Crippen LogP contribution in [0, 0.1) is 0 Å². The molecule has 0 N–H and O–H groups in total. The molecule has 1 rings (SSSR count). The van der Waals surface area contributed by atoms with E-state index in [-0.39, 0.29) is 0 Å². The molecule has 0 saturated carbocycles. The molecule has 56 valence electrons. The normalized spacial score (nSPS) is 8.73. The van der Waals surface area contributed by atoms with Crippen LogP contribution in [0.25, 0.3) is 0 Å². The molecule has 0 aliphatic heterocycles. The molecular weight excluding hydrogens is 134 g/mol. The Kier molecular flexibility index (Phi) is 2.50. The first kappa shape index (κ1) is 7.61. The van der Waals surface area contributed by atoms with Crippen LogP contribution < -0.4 is 4.90 Å². The number of nitrogens with zero attached hydrogens (tertiary/aromatic N) is 1. The van der Waals surface area contributed by atoms with Crippen LogP contribution in [0.15, 0.2) is 55.9 Å². The second-order valence-corrected chi connectivity index (χ2v) is 2.11. The van der Waals surface area contributed by atoms with E-state index in [0.29, 0.717) is 0 Å². The van der Waals surface area contributed by atoms with Gasteiger partial charge in [0.25, 0.3) is 0 Å². The molecule has 1 nitrogen and oxygen atoms in total. The van der Waals surface area contributed by atoms with Crippen molar-refractivity contribution in [1.29, 1.82) is 0 Å². The largest absolute Gasteiger partial charge is 0.325 e. The highest BCUT2D eigenvalue weighted by Gasteiger charge is 1.93. The lowest BCUT2D eigenvalue weighted by Gasteiger charge is -2.13. The third-order valence-electron chi connectivity index (χ3n) is 1.45. The summed E-state index contributed by atoms with van der Waals surface area (Å²) in [5, 5.41) is 0. The molecule has 0 aromatic heterocycles. The van der Waals surface area contributed by atoms with E-state index in [0.717, 1.165) is 5.69 Å². The first-order valence-electron chi connectivity index (χ1n) is 3.47. The SMILES string of the molecule is C=CN(C=C)c1ccccc1. The molecule has 0 atom stereocenters. The summed E-state index contributed by atoms with van der Waals surface area (Å²) in [7, 11) is 0. The van der Waals surface area contributed by atoms with E-state index in [1.807, 2.05) is 35.2 Å². The Labute approximate surface area is 67.3 Å². The molecule has 0 aliphatic carbocycles. The van der Waals surface area contributed by atoms with E-state index < -0.39 is 0 Å². The molecular formula is C10H11N. The van der Waals surface area contributed by atoms with Gasteiger partial charge in [-0.3, -0.25) is 0 Å². The highest BCUT2D eigenvalue weighted by molar-refractivity contribution is 5.50. The molecule has 0 fully saturated rings. The summed E-state index contributed by atoms with van der Waals surface area (Å²) >= 11 is 0. The summed E-state index contributed by atoms with van der Waals surface area (Å²) in [5.74, 6) is 0. The van der Waals surface area contributed by atoms with Crippen molar-refractivity contribution >= 4 is 5.69 Å². The van der Waals surface area contributed by atoms with E-state index in [1.54, 1.807) is 12.4 Å². The second kappa shape index (κ2) is 3.62. The standard InChI is InChI=1S/C10H11N/c1-3-11(4-2)10-8-6-5-7-9-10/h3-9H,1-2H2. The van der Waals surface area contributed by atoms with Gasteiger partial charge in [0.1, 0.15) is 0 Å². The molecule has 1 aromatic rings. The zero-order valence-corrected chi connectivity index (χ0v) is 6.40. The first-order valence-corrected chi connectivity index (χ1v) is 3.47. The third kappa shape index (κ3) is 1.71. The Bertz CT molecular complexity index is 230. The fourth-order valence-electron chi connectivity index (χ4n) is 0.885. The fraction of sp³-hybridized carbons (Fsp3) is 0. The van der Waals surface area contributed by atoms with Gasteiger partial charge in [0, 0.05) is 18.1 Å². The summed E-state index contributed by atoms with van der Waals surface area (Å²) in [4.78, 5) is 1.86. The fourth-order valence-corrected chi connectivity index (χ4v) is 0.885. The van der Waals surface area contributed by atoms with Crippen molar-refractivity contribution in [2.24, 2.45) is 0 Å². The van der Waals surface area contributed by atoms with Gasteiger partial charge in [-0.25, -0.2) is 0 Å². The Morgan fingerprint density at radius 2 is 1.55 bits per heavy atom. The minimum absolute atomic E-state index is 1.08. The number of hydrogen-bond acceptors (Lipinski definition) is 1. The zero-order valence-electron chi connectivity index (χ0n) is 6.40. The summed E-state index contributed by atoms with van der Waals surface area (Å²) < 4.78 is 0. The van der Waals surface area contributed by atoms with Gasteiger partial charge in [0.2, 0.25) is 0 Å². The second-order valence-electron chi connectivity index (χ2n) is 2.11. The van der Waals surface area contributed by atoms with Crippen LogP contribution >= 0.6 is 0 Å². The molecule has 0 radical (unpaired) electrons. The van der Waals surface area contributed by atoms with Crippen molar-refractivity contribution in [2.45, 2.75) is 0 Å². The van der Waals surface area contributed by atoms with Gasteiger partial charge in [-0.1, -0.05) is 31.4 Å². The third-order valence-corrected chi connectivity index (χ3v) is 1.45. The van der Waals surface area contributed by atoms with Crippen molar-refractivity contribution in [3.05, 3.63) is 55.9 Å². The van der Waals surface area contributed by atoms with Crippen LogP contribution in [0.3, 0.4) is 0 Å². The minimum atomic E-state index is 1.08. The lowest BCUT2D eigenvalue weighted by atomic mass is 10.3. The van der Waals surface area contributed by atoms with Crippen LogP contribution in [0.4, 0.5) is 5.69 Å². The number of para-hydroxylation sites is 1. The average Bonchev–Trinajstić information content (AvgIpc) is 2.09. The predicted molar refractivity (Wildman–Crippen MR) is 49.3 cm³/mol. The number of hydrogen-bond donors (Lipinski definition) is 0. The van der Waals surface area contributed by atoms with Crippen molar-refractivity contribution in [3.63, 3.8) is 0 Å². The quantitative estimate of drug-likeness (QED) is 0.632. The van der Waals surface area contributed by atoms with Crippen LogP contribution in [-0.4, -0.2) is 0 Å². The van der Waals surface area contributed by atoms with Gasteiger partial charge in [0.15, 0.2) is 0 Å². The van der Waals surface area contributed by atoms with E-state index in [2.05, 4.69) is 13.2 Å². The maximum Gasteiger partial charge on any atom is 0.0448 e. The summed E-state index contributed by atoms with van der Waals surface area (Å²) in [5.41, 5.74) is 1.08. The lowest BCUT2D eigenvalue weighted by molar-refractivity contribution is 1.30. The van der Waals surface area contributed by atoms with Crippen molar-refractivity contribution in [1.82, 2.24) is 0 Å². The Morgan fingerprint density at radius 3 is 2.00 bits per heavy atom. The van der Waals surface area contributed by atoms with E-state index in [9.17, 15) is 0 Å². The number of anilines is 1. The summed E-state index contributed by atoms with van der Waals surface area (Å²) in [6.45, 7) is 7.33. The maximum atomic E-state index is 3.66. The Balaban J connectivity index is 2.90. The molecule has 0 saturated heterocycles. The van der Waals surface area contributed by atoms with Crippen molar-refractivity contribution in [3.8, 4) is 0 Å². The summed E-state index contributed by atoms with van der Waals surface area (Å²) in [6, 6.07) is 9.95. The topological polar surface area (TPSA) is 3.24 Å². The number of benzene rings is 1. The molecule has 0 unspecified atom stereocenters. The Morgan fingerprint density at radius 1 is 1.00 bits per heavy atom. The monoisotopic (exact) mass is 145 g/mol. The molecule has 1 aromatic carbocycles. The van der Waals surface area contributed by atoms with Crippen LogP contribution in [0.5, 0.6) is 0 Å². The maximum absolute atomic E-state index is 3.66. The first-order chi connectivity index (χ1) is 5.38. The predicted octanol–water partition coefficient (Wildman–Crippen LogP) is 2.78. The zero-order chi connectivity index (χ0) is 8.10. The highest BCUT2D eigenvalue weighted by atomic mass is 15.1. The van der Waals surface area contributed by atoms with E-state index >= 15 is 0 Å². The molecule has 11 heavy (non-hydrogen) atoms. The molecule has 0 amide bonds. The van der Waals surface area contributed by atoms with Crippen LogP contribution in [0.1, 0.15) is 0 Å². The minimum Gasteiger partial charge on any atom is -0.325 e. The van der Waals surface area contributed by atoms with Crippen molar-refractivity contribution in [2.75, 3.05) is 4.90 Å². The van der Waals surface area contributed by atoms with E-state index in [4.69, 9.17) is 0 Å². The molecule has 0 bridgehead atoms. The van der Waals surface area contributed by atoms with Gasteiger partial charge < -0.3 is 4.90 Å². The molecule has 1 heteroatoms. The average molecular weight is 145 g/mol. The van der Waals surface area contributed by atoms with Crippen LogP contribution in [-0.2, 0) is 0 Å². The summed E-state index contributed by atoms with van der Waals surface area (Å²) in [6.07, 6.45) is 3.45. The smallest absolute Gasteiger partial charge is 0.0448 e. The molecule has 0 spiro atoms. The van der Waals surface area contributed by atoms with Gasteiger partial charge in [0.05, 0.1) is 0 Å². The van der Waals surface area contributed by atoms with E-state index in [1.165, 1.54) is 0 Å². The molecule has 0 aliphatic rings. The molecule has 0 heterocycles. The van der Waals surface area contributed by atoms with Crippen molar-refractivity contribution < 1.29 is 0 Å². The van der Waals surface area contributed by atoms with Gasteiger partial charge in [-0.05, 0) is 12.1 Å². The highest BCUT2D eigenvalue weighted by Crippen LogP contribution is 2.12. The van der Waals surface area contributed by atoms with Gasteiger partial charge >= 0.3 is 0 Å². The lowest BCUT2D eigenvalue weighted by Crippen LogP contribution is -2.04. The van der Waals surface area contributed by atoms with Gasteiger partial charge in [-0.15, -0.1) is 0 Å². The van der Waals surface area contributed by atoms with Gasteiger partial charge in [-0.2, -0.15) is 0 Å². The van der Waals surface area contributed by atoms with Crippen LogP contribution in [0.2, 0.25) is 0 Å². The number of rotatable bonds is 3. The Hall–Kier alpha value is -1.50.